The summed E-state index contributed by atoms with van der Waals surface area (Å²) in [5, 5.41) is 4.43. The predicted octanol–water partition coefficient (Wildman–Crippen LogP) is 2.89. The van der Waals surface area contributed by atoms with Gasteiger partial charge in [0.1, 0.15) is 16.4 Å². The highest BCUT2D eigenvalue weighted by Crippen LogP contribution is 2.28. The molecule has 142 valence electrons. The van der Waals surface area contributed by atoms with Gasteiger partial charge in [-0.05, 0) is 36.4 Å². The maximum atomic E-state index is 12.6. The standard InChI is InChI=1S/C17H16ClN3O5S/c1-24-13-7-8-14(25-2)15(9-13)27(22,23)19-10-16-20-17(21-26-16)11-3-5-12(18)6-4-11/h3-9,19H,10H2,1-2H3. The fourth-order valence-electron chi connectivity index (χ4n) is 2.27. The van der Waals surface area contributed by atoms with Crippen molar-refractivity contribution in [3.8, 4) is 22.9 Å². The number of nitrogens with zero attached hydrogens (tertiary/aromatic N) is 2. The van der Waals surface area contributed by atoms with E-state index in [4.69, 9.17) is 25.6 Å². The second-order valence-electron chi connectivity index (χ2n) is 5.36. The molecule has 27 heavy (non-hydrogen) atoms. The third-order valence-corrected chi connectivity index (χ3v) is 5.32. The number of halogens is 1. The SMILES string of the molecule is COc1ccc(OC)c(S(=O)(=O)NCc2nc(-c3ccc(Cl)cc3)no2)c1. The third kappa shape index (κ3) is 4.38. The van der Waals surface area contributed by atoms with Crippen molar-refractivity contribution in [2.24, 2.45) is 0 Å². The topological polar surface area (TPSA) is 104 Å². The van der Waals surface area contributed by atoms with E-state index in [2.05, 4.69) is 14.9 Å². The Bertz CT molecular complexity index is 1030. The molecular weight excluding hydrogens is 394 g/mol. The number of sulfonamides is 1. The maximum absolute atomic E-state index is 12.6. The summed E-state index contributed by atoms with van der Waals surface area (Å²) in [5.74, 6) is 1.03. The van der Waals surface area contributed by atoms with Crippen LogP contribution in [0.2, 0.25) is 5.02 Å². The Morgan fingerprint density at radius 3 is 2.52 bits per heavy atom. The van der Waals surface area contributed by atoms with Crippen LogP contribution in [0.3, 0.4) is 0 Å². The zero-order valence-electron chi connectivity index (χ0n) is 14.5. The maximum Gasteiger partial charge on any atom is 0.244 e. The van der Waals surface area contributed by atoms with E-state index < -0.39 is 10.0 Å². The summed E-state index contributed by atoms with van der Waals surface area (Å²) in [6, 6.07) is 11.4. The third-order valence-electron chi connectivity index (χ3n) is 3.64. The Hall–Kier alpha value is -2.62. The molecular formula is C17H16ClN3O5S. The Labute approximate surface area is 161 Å². The van der Waals surface area contributed by atoms with Crippen LogP contribution in [-0.2, 0) is 16.6 Å². The normalized spacial score (nSPS) is 11.4. The molecule has 0 atom stereocenters. The van der Waals surface area contributed by atoms with Crippen molar-refractivity contribution in [2.75, 3.05) is 14.2 Å². The van der Waals surface area contributed by atoms with Gasteiger partial charge in [-0.15, -0.1) is 0 Å². The largest absolute Gasteiger partial charge is 0.497 e. The molecule has 0 aliphatic heterocycles. The first-order valence-electron chi connectivity index (χ1n) is 7.73. The van der Waals surface area contributed by atoms with Gasteiger partial charge in [-0.25, -0.2) is 13.1 Å². The molecule has 10 heteroatoms. The first-order chi connectivity index (χ1) is 12.9. The van der Waals surface area contributed by atoms with E-state index in [1.165, 1.54) is 26.4 Å². The Morgan fingerprint density at radius 2 is 1.85 bits per heavy atom. The lowest BCUT2D eigenvalue weighted by molar-refractivity contribution is 0.375. The van der Waals surface area contributed by atoms with Gasteiger partial charge in [-0.1, -0.05) is 16.8 Å². The van der Waals surface area contributed by atoms with Crippen LogP contribution in [0.25, 0.3) is 11.4 Å². The lowest BCUT2D eigenvalue weighted by atomic mass is 10.2. The van der Waals surface area contributed by atoms with Gasteiger partial charge in [-0.3, -0.25) is 0 Å². The summed E-state index contributed by atoms with van der Waals surface area (Å²) in [6.45, 7) is -0.177. The molecule has 1 aromatic heterocycles. The molecule has 1 N–H and O–H groups in total. The van der Waals surface area contributed by atoms with Crippen molar-refractivity contribution in [2.45, 2.75) is 11.4 Å². The molecule has 0 amide bonds. The average molecular weight is 410 g/mol. The van der Waals surface area contributed by atoms with Crippen LogP contribution in [0.15, 0.2) is 51.9 Å². The quantitative estimate of drug-likeness (QED) is 0.639. The smallest absolute Gasteiger partial charge is 0.244 e. The Morgan fingerprint density at radius 1 is 1.11 bits per heavy atom. The summed E-state index contributed by atoms with van der Waals surface area (Å²) in [6.07, 6.45) is 0. The monoisotopic (exact) mass is 409 g/mol. The molecule has 0 saturated heterocycles. The van der Waals surface area contributed by atoms with Crippen molar-refractivity contribution < 1.29 is 22.4 Å². The van der Waals surface area contributed by atoms with Crippen LogP contribution < -0.4 is 14.2 Å². The van der Waals surface area contributed by atoms with Gasteiger partial charge in [0.15, 0.2) is 0 Å². The fraction of sp³-hybridized carbons (Fsp3) is 0.176. The van der Waals surface area contributed by atoms with E-state index >= 15 is 0 Å². The zero-order chi connectivity index (χ0) is 19.4. The summed E-state index contributed by atoms with van der Waals surface area (Å²) >= 11 is 5.85. The van der Waals surface area contributed by atoms with Crippen molar-refractivity contribution in [1.82, 2.24) is 14.9 Å². The van der Waals surface area contributed by atoms with E-state index in [9.17, 15) is 8.42 Å². The van der Waals surface area contributed by atoms with E-state index in [1.807, 2.05) is 0 Å². The van der Waals surface area contributed by atoms with Crippen LogP contribution in [0, 0.1) is 0 Å². The van der Waals surface area contributed by atoms with E-state index in [-0.39, 0.29) is 23.1 Å². The van der Waals surface area contributed by atoms with Gasteiger partial charge in [0.25, 0.3) is 0 Å². The fourth-order valence-corrected chi connectivity index (χ4v) is 3.55. The summed E-state index contributed by atoms with van der Waals surface area (Å²) < 4.78 is 42.9. The lowest BCUT2D eigenvalue weighted by Crippen LogP contribution is -2.24. The molecule has 3 rings (SSSR count). The Balaban J connectivity index is 1.77. The molecule has 8 nitrogen and oxygen atoms in total. The van der Waals surface area contributed by atoms with Crippen molar-refractivity contribution in [3.05, 3.63) is 53.4 Å². The predicted molar refractivity (Wildman–Crippen MR) is 98.3 cm³/mol. The zero-order valence-corrected chi connectivity index (χ0v) is 16.0. The van der Waals surface area contributed by atoms with Crippen LogP contribution in [0.1, 0.15) is 5.89 Å². The molecule has 2 aromatic carbocycles. The minimum Gasteiger partial charge on any atom is -0.497 e. The number of methoxy groups -OCH3 is 2. The van der Waals surface area contributed by atoms with Gasteiger partial charge >= 0.3 is 0 Å². The molecule has 0 unspecified atom stereocenters. The number of hydrogen-bond acceptors (Lipinski definition) is 7. The molecule has 1 heterocycles. The number of benzene rings is 2. The van der Waals surface area contributed by atoms with E-state index in [0.717, 1.165) is 0 Å². The number of ether oxygens (including phenoxy) is 2. The first kappa shape index (κ1) is 19.2. The molecule has 0 radical (unpaired) electrons. The van der Waals surface area contributed by atoms with Crippen molar-refractivity contribution in [3.63, 3.8) is 0 Å². The molecule has 0 saturated carbocycles. The van der Waals surface area contributed by atoms with E-state index in [0.29, 0.717) is 22.2 Å². The van der Waals surface area contributed by atoms with Crippen LogP contribution in [0.4, 0.5) is 0 Å². The number of rotatable bonds is 7. The second kappa shape index (κ2) is 7.95. The number of hydrogen-bond donors (Lipinski definition) is 1. The van der Waals surface area contributed by atoms with Crippen molar-refractivity contribution >= 4 is 21.6 Å². The molecule has 0 fully saturated rings. The lowest BCUT2D eigenvalue weighted by Gasteiger charge is -2.11. The molecule has 0 aliphatic carbocycles. The van der Waals surface area contributed by atoms with Gasteiger partial charge in [0.2, 0.25) is 21.7 Å². The van der Waals surface area contributed by atoms with Crippen molar-refractivity contribution in [1.29, 1.82) is 0 Å². The molecule has 0 aliphatic rings. The summed E-state index contributed by atoms with van der Waals surface area (Å²) in [7, 11) is -1.06. The van der Waals surface area contributed by atoms with Gasteiger partial charge in [0.05, 0.1) is 20.8 Å². The van der Waals surface area contributed by atoms with Crippen LogP contribution in [-0.4, -0.2) is 32.8 Å². The number of aromatic nitrogens is 2. The summed E-state index contributed by atoms with van der Waals surface area (Å²) in [4.78, 5) is 4.13. The summed E-state index contributed by atoms with van der Waals surface area (Å²) in [5.41, 5.74) is 0.701. The second-order valence-corrected chi connectivity index (χ2v) is 7.53. The average Bonchev–Trinajstić information content (AvgIpc) is 3.15. The highest BCUT2D eigenvalue weighted by molar-refractivity contribution is 7.89. The van der Waals surface area contributed by atoms with Crippen LogP contribution >= 0.6 is 11.6 Å². The minimum atomic E-state index is -3.90. The molecule has 0 spiro atoms. The highest BCUT2D eigenvalue weighted by atomic mass is 35.5. The minimum absolute atomic E-state index is 0.0539. The molecule has 0 bridgehead atoms. The van der Waals surface area contributed by atoms with Gasteiger partial charge in [-0.2, -0.15) is 4.98 Å². The van der Waals surface area contributed by atoms with Gasteiger partial charge < -0.3 is 14.0 Å². The van der Waals surface area contributed by atoms with E-state index in [1.54, 1.807) is 30.3 Å². The van der Waals surface area contributed by atoms with Crippen LogP contribution in [0.5, 0.6) is 11.5 Å². The van der Waals surface area contributed by atoms with Gasteiger partial charge in [0, 0.05) is 16.7 Å². The molecule has 3 aromatic rings. The highest BCUT2D eigenvalue weighted by Gasteiger charge is 2.21. The number of nitrogens with one attached hydrogen (secondary N) is 1. The Kier molecular flexibility index (Phi) is 5.64. The first-order valence-corrected chi connectivity index (χ1v) is 9.59.